The van der Waals surface area contributed by atoms with Crippen molar-refractivity contribution in [2.45, 2.75) is 0 Å². The van der Waals surface area contributed by atoms with Crippen LogP contribution in [0, 0.1) is 0 Å². The molecule has 0 aliphatic rings. The smallest absolute Gasteiger partial charge is 0.106 e. The first-order valence-electron chi connectivity index (χ1n) is 5.60. The summed E-state index contributed by atoms with van der Waals surface area (Å²) in [5, 5.41) is 0. The predicted octanol–water partition coefficient (Wildman–Crippen LogP) is 3.30. The Morgan fingerprint density at radius 2 is 0.762 bits per heavy atom. The zero-order chi connectivity index (χ0) is 15.6. The summed E-state index contributed by atoms with van der Waals surface area (Å²) in [5.74, 6) is 0. The second-order valence-corrected chi connectivity index (χ2v) is 3.15. The van der Waals surface area contributed by atoms with E-state index in [1.54, 1.807) is 0 Å². The van der Waals surface area contributed by atoms with Crippen molar-refractivity contribution in [2.24, 2.45) is 0 Å². The molecule has 0 saturated heterocycles. The van der Waals surface area contributed by atoms with Crippen molar-refractivity contribution in [3.63, 3.8) is 0 Å². The molecule has 0 heterocycles. The van der Waals surface area contributed by atoms with Crippen LogP contribution in [0.3, 0.4) is 0 Å². The number of benzene rings is 2. The molecule has 0 saturated carbocycles. The molecule has 0 fully saturated rings. The van der Waals surface area contributed by atoms with Crippen molar-refractivity contribution >= 4 is 32.5 Å². The van der Waals surface area contributed by atoms with Gasteiger partial charge in [0.1, 0.15) is 20.4 Å². The number of carbonyl (C=O) groups excluding carboxylic acids is 3. The topological polar surface area (TPSA) is 51.2 Å². The molecule has 0 aromatic heterocycles. The van der Waals surface area contributed by atoms with E-state index in [1.165, 1.54) is 11.1 Å². The number of carbonyl (C=O) groups is 3. The number of hydrogen-bond acceptors (Lipinski definition) is 3. The molecule has 0 N–H and O–H groups in total. The van der Waals surface area contributed by atoms with Gasteiger partial charge in [-0.25, -0.2) is 0 Å². The Balaban J connectivity index is -0.000000414. The summed E-state index contributed by atoms with van der Waals surface area (Å²) >= 11 is 0. The first-order valence-corrected chi connectivity index (χ1v) is 5.60. The van der Waals surface area contributed by atoms with Crippen LogP contribution < -0.4 is 0 Å². The van der Waals surface area contributed by atoms with E-state index in [0.717, 1.165) is 0 Å². The molecule has 0 amide bonds. The number of hydrogen-bond donors (Lipinski definition) is 0. The van der Waals surface area contributed by atoms with E-state index in [4.69, 9.17) is 14.4 Å². The molecule has 0 atom stereocenters. The van der Waals surface area contributed by atoms with Crippen LogP contribution in [0.25, 0.3) is 12.2 Å². The third-order valence-corrected chi connectivity index (χ3v) is 2.07. The Labute approximate surface area is 136 Å². The normalized spacial score (nSPS) is 7.62. The Kier molecular flexibility index (Phi) is 22.7. The van der Waals surface area contributed by atoms with Crippen molar-refractivity contribution in [1.29, 1.82) is 0 Å². The Morgan fingerprint density at radius 1 is 0.524 bits per heavy atom. The van der Waals surface area contributed by atoms with Crippen molar-refractivity contribution < 1.29 is 31.7 Å². The maximum atomic E-state index is 8.00. The van der Waals surface area contributed by atoms with Gasteiger partial charge >= 0.3 is 0 Å². The van der Waals surface area contributed by atoms with Crippen LogP contribution in [0.5, 0.6) is 0 Å². The molecular formula is C17H18CrO3. The fourth-order valence-corrected chi connectivity index (χ4v) is 1.32. The average Bonchev–Trinajstić information content (AvgIpc) is 2.60. The third-order valence-electron chi connectivity index (χ3n) is 2.07. The first-order chi connectivity index (χ1) is 9.95. The zero-order valence-corrected chi connectivity index (χ0v) is 13.0. The summed E-state index contributed by atoms with van der Waals surface area (Å²) in [5.41, 5.74) is 2.47. The average molecular weight is 322 g/mol. The predicted molar refractivity (Wildman–Crippen MR) is 83.2 cm³/mol. The van der Waals surface area contributed by atoms with Gasteiger partial charge in [-0.05, 0) is 11.1 Å². The number of rotatable bonds is 2. The van der Waals surface area contributed by atoms with Gasteiger partial charge in [0.25, 0.3) is 0 Å². The first kappa shape index (κ1) is 23.8. The SMILES string of the molecule is C(=Cc1ccccc1)c1ccccc1.C=O.C=O.C=O.[Cr]. The van der Waals surface area contributed by atoms with E-state index in [0.29, 0.717) is 0 Å². The molecule has 0 aliphatic carbocycles. The monoisotopic (exact) mass is 322 g/mol. The Hall–Kier alpha value is -2.28. The standard InChI is InChI=1S/C14H12.3CH2O.Cr/c1-3-7-13(8-4-1)11-12-14-9-5-2-6-10-14;3*1-2;/h1-12H;3*1H2;. The zero-order valence-electron chi connectivity index (χ0n) is 11.7. The summed E-state index contributed by atoms with van der Waals surface area (Å²) in [6.45, 7) is 6.00. The van der Waals surface area contributed by atoms with Crippen LogP contribution in [-0.2, 0) is 31.7 Å². The van der Waals surface area contributed by atoms with Crippen LogP contribution in [0.1, 0.15) is 11.1 Å². The summed E-state index contributed by atoms with van der Waals surface area (Å²) in [7, 11) is 0. The molecule has 0 unspecified atom stereocenters. The van der Waals surface area contributed by atoms with E-state index in [-0.39, 0.29) is 17.4 Å². The second kappa shape index (κ2) is 20.0. The fourth-order valence-electron chi connectivity index (χ4n) is 1.32. The van der Waals surface area contributed by atoms with Gasteiger partial charge in [-0.1, -0.05) is 72.8 Å². The summed E-state index contributed by atoms with van der Waals surface area (Å²) in [4.78, 5) is 24.0. The van der Waals surface area contributed by atoms with Crippen LogP contribution in [0.15, 0.2) is 60.7 Å². The van der Waals surface area contributed by atoms with Crippen molar-refractivity contribution in [3.05, 3.63) is 71.8 Å². The minimum Gasteiger partial charge on any atom is -0.307 e. The van der Waals surface area contributed by atoms with Crippen molar-refractivity contribution in [1.82, 2.24) is 0 Å². The van der Waals surface area contributed by atoms with Crippen LogP contribution in [0.4, 0.5) is 0 Å². The van der Waals surface area contributed by atoms with Gasteiger partial charge in [0, 0.05) is 17.4 Å². The molecule has 110 valence electrons. The Morgan fingerprint density at radius 3 is 1.00 bits per heavy atom. The molecule has 0 aliphatic heterocycles. The van der Waals surface area contributed by atoms with Gasteiger partial charge in [-0.3, -0.25) is 0 Å². The largest absolute Gasteiger partial charge is 0.307 e. The maximum Gasteiger partial charge on any atom is 0.106 e. The third kappa shape index (κ3) is 12.5. The quantitative estimate of drug-likeness (QED) is 0.797. The molecule has 0 spiro atoms. The second-order valence-electron chi connectivity index (χ2n) is 3.15. The summed E-state index contributed by atoms with van der Waals surface area (Å²) in [6.07, 6.45) is 4.24. The minimum atomic E-state index is 0. The van der Waals surface area contributed by atoms with E-state index < -0.39 is 0 Å². The van der Waals surface area contributed by atoms with E-state index in [9.17, 15) is 0 Å². The Bertz CT molecular complexity index is 412. The van der Waals surface area contributed by atoms with Gasteiger partial charge < -0.3 is 14.4 Å². The molecule has 0 bridgehead atoms. The van der Waals surface area contributed by atoms with E-state index in [2.05, 4.69) is 36.4 Å². The minimum absolute atomic E-state index is 0. The molecule has 2 aromatic rings. The van der Waals surface area contributed by atoms with Gasteiger partial charge in [-0.2, -0.15) is 0 Å². The van der Waals surface area contributed by atoms with Crippen molar-refractivity contribution in [2.75, 3.05) is 0 Å². The molecule has 2 aromatic carbocycles. The molecule has 3 nitrogen and oxygen atoms in total. The van der Waals surface area contributed by atoms with Gasteiger partial charge in [0.15, 0.2) is 0 Å². The van der Waals surface area contributed by atoms with E-state index in [1.807, 2.05) is 56.8 Å². The van der Waals surface area contributed by atoms with Crippen LogP contribution in [0.2, 0.25) is 0 Å². The molecule has 0 radical (unpaired) electrons. The summed E-state index contributed by atoms with van der Waals surface area (Å²) < 4.78 is 0. The van der Waals surface area contributed by atoms with E-state index >= 15 is 0 Å². The van der Waals surface area contributed by atoms with Crippen LogP contribution >= 0.6 is 0 Å². The molecule has 21 heavy (non-hydrogen) atoms. The van der Waals surface area contributed by atoms with Crippen LogP contribution in [-0.4, -0.2) is 20.4 Å². The molecular weight excluding hydrogens is 304 g/mol. The van der Waals surface area contributed by atoms with Gasteiger partial charge in [0.2, 0.25) is 0 Å². The molecule has 2 rings (SSSR count). The fraction of sp³-hybridized carbons (Fsp3) is 0. The summed E-state index contributed by atoms with van der Waals surface area (Å²) in [6, 6.07) is 20.6. The van der Waals surface area contributed by atoms with Crippen molar-refractivity contribution in [3.8, 4) is 0 Å². The van der Waals surface area contributed by atoms with Gasteiger partial charge in [0.05, 0.1) is 0 Å². The molecule has 4 heteroatoms. The maximum absolute atomic E-state index is 8.00. The van der Waals surface area contributed by atoms with Gasteiger partial charge in [-0.15, -0.1) is 0 Å².